The molecule has 0 saturated carbocycles. The monoisotopic (exact) mass is 392 g/mol. The number of thioether (sulfide) groups is 1. The summed E-state index contributed by atoms with van der Waals surface area (Å²) in [6, 6.07) is 5.84. The molecule has 0 bridgehead atoms. The first kappa shape index (κ1) is 20.3. The van der Waals surface area contributed by atoms with Crippen molar-refractivity contribution in [3.8, 4) is 11.5 Å². The fourth-order valence-corrected chi connectivity index (χ4v) is 4.73. The molecule has 6 heteroatoms. The van der Waals surface area contributed by atoms with Gasteiger partial charge in [-0.3, -0.25) is 4.79 Å². The number of hydrogen-bond acceptors (Lipinski definition) is 5. The van der Waals surface area contributed by atoms with Gasteiger partial charge in [0.1, 0.15) is 13.2 Å². The number of unbranched alkanes of at least 4 members (excludes halogenated alkanes) is 1. The molecule has 3 rings (SSSR count). The minimum Gasteiger partial charge on any atom is -0.486 e. The zero-order chi connectivity index (χ0) is 19.1. The molecule has 1 amide bonds. The second-order valence-corrected chi connectivity index (χ2v) is 8.91. The topological polar surface area (TPSA) is 50.8 Å². The number of hydrogen-bond donors (Lipinski definition) is 1. The number of carbonyl (C=O) groups excluding carboxylic acids is 1. The molecule has 0 radical (unpaired) electrons. The molecule has 1 aromatic rings. The van der Waals surface area contributed by atoms with Gasteiger partial charge in [0.15, 0.2) is 11.5 Å². The van der Waals surface area contributed by atoms with Crippen LogP contribution in [-0.2, 0) is 4.79 Å². The maximum Gasteiger partial charge on any atom is 0.230 e. The van der Waals surface area contributed by atoms with E-state index in [0.717, 1.165) is 54.2 Å². The van der Waals surface area contributed by atoms with E-state index in [9.17, 15) is 4.79 Å². The number of ether oxygens (including phenoxy) is 2. The van der Waals surface area contributed by atoms with Crippen LogP contribution in [0.3, 0.4) is 0 Å². The van der Waals surface area contributed by atoms with Crippen molar-refractivity contribution in [3.05, 3.63) is 18.2 Å². The molecule has 2 heterocycles. The van der Waals surface area contributed by atoms with Crippen LogP contribution in [0.4, 0.5) is 0 Å². The van der Waals surface area contributed by atoms with Gasteiger partial charge in [-0.25, -0.2) is 0 Å². The summed E-state index contributed by atoms with van der Waals surface area (Å²) in [6.07, 6.45) is 3.54. The van der Waals surface area contributed by atoms with E-state index in [1.54, 1.807) is 0 Å². The maximum atomic E-state index is 12.1. The second-order valence-electron chi connectivity index (χ2n) is 7.86. The predicted molar refractivity (Wildman–Crippen MR) is 110 cm³/mol. The summed E-state index contributed by atoms with van der Waals surface area (Å²) in [5, 5.41) is 3.04. The molecule has 0 aliphatic carbocycles. The van der Waals surface area contributed by atoms with Gasteiger partial charge in [-0.05, 0) is 55.8 Å². The van der Waals surface area contributed by atoms with Crippen LogP contribution < -0.4 is 14.8 Å². The average Bonchev–Trinajstić information content (AvgIpc) is 2.65. The van der Waals surface area contributed by atoms with E-state index in [1.165, 1.54) is 31.3 Å². The minimum atomic E-state index is 0.0927. The molecule has 1 N–H and O–H groups in total. The molecule has 2 aliphatic heterocycles. The van der Waals surface area contributed by atoms with Crippen LogP contribution in [0.2, 0.25) is 0 Å². The van der Waals surface area contributed by atoms with Crippen LogP contribution in [-0.4, -0.2) is 56.0 Å². The van der Waals surface area contributed by atoms with Gasteiger partial charge in [0.2, 0.25) is 5.91 Å². The van der Waals surface area contributed by atoms with Gasteiger partial charge in [-0.2, -0.15) is 0 Å². The Morgan fingerprint density at radius 2 is 1.89 bits per heavy atom. The van der Waals surface area contributed by atoms with E-state index >= 15 is 0 Å². The number of benzene rings is 1. The molecule has 2 aliphatic rings. The highest BCUT2D eigenvalue weighted by Crippen LogP contribution is 2.34. The molecule has 0 spiro atoms. The summed E-state index contributed by atoms with van der Waals surface area (Å²) < 4.78 is 11.1. The first-order chi connectivity index (χ1) is 13.1. The summed E-state index contributed by atoms with van der Waals surface area (Å²) in [5.74, 6) is 3.70. The van der Waals surface area contributed by atoms with E-state index in [4.69, 9.17) is 9.47 Å². The van der Waals surface area contributed by atoms with Crippen LogP contribution in [0.1, 0.15) is 33.1 Å². The van der Waals surface area contributed by atoms with Gasteiger partial charge in [0.25, 0.3) is 0 Å². The number of fused-ring (bicyclic) bond motifs is 1. The number of likely N-dealkylation sites (tertiary alicyclic amines) is 1. The molecule has 2 unspecified atom stereocenters. The maximum absolute atomic E-state index is 12.1. The van der Waals surface area contributed by atoms with Gasteiger partial charge in [0, 0.05) is 24.5 Å². The smallest absolute Gasteiger partial charge is 0.230 e. The van der Waals surface area contributed by atoms with Gasteiger partial charge in [0.05, 0.1) is 5.75 Å². The van der Waals surface area contributed by atoms with E-state index in [0.29, 0.717) is 19.0 Å². The quantitative estimate of drug-likeness (QED) is 0.543. The standard InChI is InChI=1S/C21H32N2O3S/c1-16-11-17(2)14-23(13-16)8-4-3-7-22-21(24)15-27-18-5-6-19-20(12-18)26-10-9-25-19/h5-6,12,16-17H,3-4,7-11,13-15H2,1-2H3,(H,22,24). The summed E-state index contributed by atoms with van der Waals surface area (Å²) in [7, 11) is 0. The van der Waals surface area contributed by atoms with Gasteiger partial charge >= 0.3 is 0 Å². The highest BCUT2D eigenvalue weighted by Gasteiger charge is 2.21. The van der Waals surface area contributed by atoms with Crippen molar-refractivity contribution in [2.75, 3.05) is 45.1 Å². The summed E-state index contributed by atoms with van der Waals surface area (Å²) in [5.41, 5.74) is 0. The lowest BCUT2D eigenvalue weighted by Gasteiger charge is -2.34. The molecule has 150 valence electrons. The predicted octanol–water partition coefficient (Wildman–Crippen LogP) is 3.42. The molecular formula is C21H32N2O3S. The Kier molecular flexibility index (Phi) is 7.70. The van der Waals surface area contributed by atoms with Crippen molar-refractivity contribution < 1.29 is 14.3 Å². The second kappa shape index (κ2) is 10.2. The normalized spacial score (nSPS) is 22.4. The zero-order valence-corrected chi connectivity index (χ0v) is 17.4. The molecule has 1 saturated heterocycles. The Bertz CT molecular complexity index is 615. The summed E-state index contributed by atoms with van der Waals surface area (Å²) >= 11 is 1.53. The lowest BCUT2D eigenvalue weighted by Crippen LogP contribution is -2.39. The van der Waals surface area contributed by atoms with Gasteiger partial charge in [-0.1, -0.05) is 13.8 Å². The van der Waals surface area contributed by atoms with Crippen LogP contribution in [0.15, 0.2) is 23.1 Å². The highest BCUT2D eigenvalue weighted by atomic mass is 32.2. The van der Waals surface area contributed by atoms with E-state index in [-0.39, 0.29) is 5.91 Å². The molecule has 0 aromatic heterocycles. The van der Waals surface area contributed by atoms with Crippen molar-refractivity contribution >= 4 is 17.7 Å². The van der Waals surface area contributed by atoms with Crippen LogP contribution >= 0.6 is 11.8 Å². The first-order valence-corrected chi connectivity index (χ1v) is 11.1. The van der Waals surface area contributed by atoms with Gasteiger partial charge in [-0.15, -0.1) is 11.8 Å². The molecule has 1 aromatic carbocycles. The van der Waals surface area contributed by atoms with Crippen molar-refractivity contribution in [3.63, 3.8) is 0 Å². The number of piperidine rings is 1. The van der Waals surface area contributed by atoms with Crippen LogP contribution in [0.5, 0.6) is 11.5 Å². The SMILES string of the molecule is CC1CC(C)CN(CCCCNC(=O)CSc2ccc3c(c2)OCCO3)C1. The third-order valence-corrected chi connectivity index (χ3v) is 6.05. The summed E-state index contributed by atoms with van der Waals surface area (Å²) in [4.78, 5) is 15.7. The van der Waals surface area contributed by atoms with E-state index in [2.05, 4.69) is 24.1 Å². The largest absolute Gasteiger partial charge is 0.486 e. The van der Waals surface area contributed by atoms with Gasteiger partial charge < -0.3 is 19.7 Å². The Morgan fingerprint density at radius 3 is 2.67 bits per heavy atom. The molecule has 2 atom stereocenters. The Labute approximate surface area is 167 Å². The van der Waals surface area contributed by atoms with Crippen molar-refractivity contribution in [1.82, 2.24) is 10.2 Å². The molecule has 27 heavy (non-hydrogen) atoms. The van der Waals surface area contributed by atoms with Crippen molar-refractivity contribution in [2.45, 2.75) is 38.0 Å². The fraction of sp³-hybridized carbons (Fsp3) is 0.667. The number of nitrogens with one attached hydrogen (secondary N) is 1. The number of amides is 1. The van der Waals surface area contributed by atoms with Crippen molar-refractivity contribution in [2.24, 2.45) is 11.8 Å². The first-order valence-electron chi connectivity index (χ1n) is 10.1. The Hall–Kier alpha value is -1.40. The average molecular weight is 393 g/mol. The van der Waals surface area contributed by atoms with Crippen LogP contribution in [0.25, 0.3) is 0 Å². The lowest BCUT2D eigenvalue weighted by atomic mass is 9.92. The molecule has 5 nitrogen and oxygen atoms in total. The molecule has 1 fully saturated rings. The molecular weight excluding hydrogens is 360 g/mol. The van der Waals surface area contributed by atoms with Crippen molar-refractivity contribution in [1.29, 1.82) is 0 Å². The summed E-state index contributed by atoms with van der Waals surface area (Å²) in [6.45, 7) is 10.2. The lowest BCUT2D eigenvalue weighted by molar-refractivity contribution is -0.118. The van der Waals surface area contributed by atoms with E-state index in [1.807, 2.05) is 18.2 Å². The third kappa shape index (κ3) is 6.61. The highest BCUT2D eigenvalue weighted by molar-refractivity contribution is 8.00. The Balaban J connectivity index is 1.28. The minimum absolute atomic E-state index is 0.0927. The number of carbonyl (C=O) groups is 1. The Morgan fingerprint density at radius 1 is 1.15 bits per heavy atom. The fourth-order valence-electron chi connectivity index (χ4n) is 3.98. The van der Waals surface area contributed by atoms with E-state index < -0.39 is 0 Å². The van der Waals surface area contributed by atoms with Crippen LogP contribution in [0, 0.1) is 11.8 Å². The third-order valence-electron chi connectivity index (χ3n) is 5.05. The number of nitrogens with zero attached hydrogens (tertiary/aromatic N) is 1. The zero-order valence-electron chi connectivity index (χ0n) is 16.5. The number of rotatable bonds is 8.